The van der Waals surface area contributed by atoms with Crippen molar-refractivity contribution in [2.24, 2.45) is 11.8 Å². The molecule has 0 aromatic rings. The number of hydrogen-bond acceptors (Lipinski definition) is 3. The molecule has 0 amide bonds. The lowest BCUT2D eigenvalue weighted by Gasteiger charge is -2.44. The Morgan fingerprint density at radius 1 is 1.17 bits per heavy atom. The quantitative estimate of drug-likeness (QED) is 0.765. The van der Waals surface area contributed by atoms with Gasteiger partial charge in [0.25, 0.3) is 0 Å². The van der Waals surface area contributed by atoms with E-state index in [4.69, 9.17) is 0 Å². The van der Waals surface area contributed by atoms with Gasteiger partial charge in [0.15, 0.2) is 0 Å². The van der Waals surface area contributed by atoms with Gasteiger partial charge in [-0.25, -0.2) is 0 Å². The van der Waals surface area contributed by atoms with Crippen LogP contribution >= 0.6 is 11.8 Å². The van der Waals surface area contributed by atoms with E-state index < -0.39 is 0 Å². The zero-order chi connectivity index (χ0) is 13.2. The topological polar surface area (TPSA) is 27.0 Å². The van der Waals surface area contributed by atoms with Crippen molar-refractivity contribution in [3.63, 3.8) is 0 Å². The van der Waals surface area contributed by atoms with E-state index in [1.54, 1.807) is 11.8 Å². The Morgan fingerprint density at radius 3 is 2.33 bits per heavy atom. The third-order valence-electron chi connectivity index (χ3n) is 5.29. The summed E-state index contributed by atoms with van der Waals surface area (Å²) in [6.45, 7) is 7.05. The Bertz CT molecular complexity index is 315. The average Bonchev–Trinajstić information content (AvgIpc) is 2.42. The number of nitriles is 1. The molecule has 0 aromatic heterocycles. The maximum Gasteiger partial charge on any atom is 0.104 e. The summed E-state index contributed by atoms with van der Waals surface area (Å²) in [6, 6.07) is 3.33. The van der Waals surface area contributed by atoms with Crippen LogP contribution in [0.15, 0.2) is 0 Å². The molecule has 0 spiro atoms. The Balaban J connectivity index is 1.89. The summed E-state index contributed by atoms with van der Waals surface area (Å²) in [4.78, 5) is 2.66. The first-order valence-corrected chi connectivity index (χ1v) is 8.53. The minimum absolute atomic E-state index is 0.0932. The molecule has 0 radical (unpaired) electrons. The highest BCUT2D eigenvalue weighted by atomic mass is 32.2. The molecular weight excluding hydrogens is 240 g/mol. The van der Waals surface area contributed by atoms with Gasteiger partial charge in [0, 0.05) is 19.1 Å². The summed E-state index contributed by atoms with van der Waals surface area (Å²) in [5.41, 5.74) is 0. The van der Waals surface area contributed by atoms with Gasteiger partial charge in [0.05, 0.1) is 6.07 Å². The summed E-state index contributed by atoms with van der Waals surface area (Å²) < 4.78 is -0.0932. The molecule has 18 heavy (non-hydrogen) atoms. The van der Waals surface area contributed by atoms with Crippen LogP contribution in [0.1, 0.15) is 46.0 Å². The fourth-order valence-electron chi connectivity index (χ4n) is 3.46. The second-order valence-electron chi connectivity index (χ2n) is 6.27. The first-order chi connectivity index (χ1) is 8.60. The van der Waals surface area contributed by atoms with Crippen LogP contribution in [0.2, 0.25) is 0 Å². The van der Waals surface area contributed by atoms with E-state index in [1.165, 1.54) is 19.3 Å². The molecule has 3 heteroatoms. The predicted molar refractivity (Wildman–Crippen MR) is 78.6 cm³/mol. The van der Waals surface area contributed by atoms with Crippen LogP contribution in [-0.2, 0) is 0 Å². The summed E-state index contributed by atoms with van der Waals surface area (Å²) in [6.07, 6.45) is 8.29. The van der Waals surface area contributed by atoms with Crippen molar-refractivity contribution in [2.45, 2.75) is 56.7 Å². The molecule has 1 saturated heterocycles. The van der Waals surface area contributed by atoms with Crippen LogP contribution in [0, 0.1) is 23.2 Å². The zero-order valence-corrected chi connectivity index (χ0v) is 12.8. The van der Waals surface area contributed by atoms with E-state index >= 15 is 0 Å². The highest BCUT2D eigenvalue weighted by molar-refractivity contribution is 8.00. The molecule has 2 nitrogen and oxygen atoms in total. The smallest absolute Gasteiger partial charge is 0.104 e. The van der Waals surface area contributed by atoms with Gasteiger partial charge in [-0.05, 0) is 50.2 Å². The molecule has 2 rings (SSSR count). The van der Waals surface area contributed by atoms with Crippen LogP contribution in [0.4, 0.5) is 0 Å². The lowest BCUT2D eigenvalue weighted by atomic mass is 9.78. The van der Waals surface area contributed by atoms with Crippen LogP contribution < -0.4 is 0 Å². The number of hydrogen-bond donors (Lipinski definition) is 0. The van der Waals surface area contributed by atoms with Gasteiger partial charge in [-0.2, -0.15) is 5.26 Å². The monoisotopic (exact) mass is 266 g/mol. The Hall–Kier alpha value is -0.200. The average molecular weight is 266 g/mol. The molecule has 3 unspecified atom stereocenters. The number of thioether (sulfide) groups is 1. The first-order valence-electron chi connectivity index (χ1n) is 7.30. The summed E-state index contributed by atoms with van der Waals surface area (Å²) in [5, 5.41) is 9.33. The lowest BCUT2D eigenvalue weighted by molar-refractivity contribution is 0.0879. The van der Waals surface area contributed by atoms with E-state index in [0.717, 1.165) is 43.8 Å². The predicted octanol–water partition coefficient (Wildman–Crippen LogP) is 3.53. The van der Waals surface area contributed by atoms with Gasteiger partial charge in [-0.1, -0.05) is 13.8 Å². The largest absolute Gasteiger partial charge is 0.300 e. The number of rotatable bonds is 2. The molecular formula is C15H26N2S. The van der Waals surface area contributed by atoms with Crippen molar-refractivity contribution < 1.29 is 0 Å². The zero-order valence-electron chi connectivity index (χ0n) is 12.0. The van der Waals surface area contributed by atoms with E-state index in [2.05, 4.69) is 31.1 Å². The van der Waals surface area contributed by atoms with E-state index in [-0.39, 0.29) is 4.75 Å². The van der Waals surface area contributed by atoms with Crippen LogP contribution in [-0.4, -0.2) is 35.0 Å². The molecule has 0 aromatic carbocycles. The second-order valence-corrected chi connectivity index (χ2v) is 7.46. The summed E-state index contributed by atoms with van der Waals surface area (Å²) >= 11 is 1.76. The van der Waals surface area contributed by atoms with Gasteiger partial charge < -0.3 is 4.90 Å². The normalized spacial score (nSPS) is 37.1. The summed E-state index contributed by atoms with van der Waals surface area (Å²) in [5.74, 6) is 1.77. The molecule has 0 N–H and O–H groups in total. The highest BCUT2D eigenvalue weighted by Crippen LogP contribution is 2.38. The molecule has 2 fully saturated rings. The van der Waals surface area contributed by atoms with Gasteiger partial charge in [0.2, 0.25) is 0 Å². The highest BCUT2D eigenvalue weighted by Gasteiger charge is 2.37. The molecule has 1 heterocycles. The van der Waals surface area contributed by atoms with Crippen molar-refractivity contribution in [3.8, 4) is 6.07 Å². The number of likely N-dealkylation sites (tertiary alicyclic amines) is 1. The third kappa shape index (κ3) is 2.86. The van der Waals surface area contributed by atoms with Crippen molar-refractivity contribution >= 4 is 11.8 Å². The standard InChI is InChI=1S/C15H26N2S/c1-12-4-5-14(10-13(12)2)17-8-6-15(11-16,18-3)7-9-17/h12-14H,4-10H2,1-3H3. The molecule has 2 aliphatic rings. The molecule has 1 saturated carbocycles. The van der Waals surface area contributed by atoms with Crippen molar-refractivity contribution in [3.05, 3.63) is 0 Å². The Kier molecular flexibility index (Phi) is 4.61. The van der Waals surface area contributed by atoms with Gasteiger partial charge in [-0.3, -0.25) is 0 Å². The fourth-order valence-corrected chi connectivity index (χ4v) is 4.14. The fraction of sp³-hybridized carbons (Fsp3) is 0.933. The minimum atomic E-state index is -0.0932. The van der Waals surface area contributed by atoms with Crippen LogP contribution in [0.3, 0.4) is 0 Å². The minimum Gasteiger partial charge on any atom is -0.300 e. The molecule has 1 aliphatic heterocycles. The van der Waals surface area contributed by atoms with E-state index in [1.807, 2.05) is 0 Å². The maximum atomic E-state index is 9.33. The molecule has 1 aliphatic carbocycles. The van der Waals surface area contributed by atoms with Crippen LogP contribution in [0.5, 0.6) is 0 Å². The number of piperidine rings is 1. The van der Waals surface area contributed by atoms with Crippen molar-refractivity contribution in [2.75, 3.05) is 19.3 Å². The Morgan fingerprint density at radius 2 is 1.83 bits per heavy atom. The second kappa shape index (κ2) is 5.84. The van der Waals surface area contributed by atoms with Gasteiger partial charge >= 0.3 is 0 Å². The molecule has 0 bridgehead atoms. The maximum absolute atomic E-state index is 9.33. The summed E-state index contributed by atoms with van der Waals surface area (Å²) in [7, 11) is 0. The van der Waals surface area contributed by atoms with Gasteiger partial charge in [0.1, 0.15) is 4.75 Å². The van der Waals surface area contributed by atoms with E-state index in [0.29, 0.717) is 0 Å². The van der Waals surface area contributed by atoms with Crippen molar-refractivity contribution in [1.82, 2.24) is 4.90 Å². The molecule has 102 valence electrons. The molecule has 3 atom stereocenters. The Labute approximate surface area is 116 Å². The number of nitrogens with zero attached hydrogens (tertiary/aromatic N) is 2. The first kappa shape index (κ1) is 14.2. The lowest BCUT2D eigenvalue weighted by Crippen LogP contribution is -2.48. The van der Waals surface area contributed by atoms with Gasteiger partial charge in [-0.15, -0.1) is 11.8 Å². The van der Waals surface area contributed by atoms with Crippen LogP contribution in [0.25, 0.3) is 0 Å². The third-order valence-corrected chi connectivity index (χ3v) is 6.57. The van der Waals surface area contributed by atoms with Crippen molar-refractivity contribution in [1.29, 1.82) is 5.26 Å². The SMILES string of the molecule is CSC1(C#N)CCN(C2CCC(C)C(C)C2)CC1. The van der Waals surface area contributed by atoms with E-state index in [9.17, 15) is 5.26 Å².